The normalized spacial score (nSPS) is 17.2. The van der Waals surface area contributed by atoms with Crippen LogP contribution in [0.2, 0.25) is 0 Å². The first kappa shape index (κ1) is 14.2. The lowest BCUT2D eigenvalue weighted by atomic mass is 9.78. The number of carboxylic acids is 1. The average molecular weight is 329 g/mol. The first-order valence-corrected chi connectivity index (χ1v) is 7.00. The van der Waals surface area contributed by atoms with Gasteiger partial charge in [-0.05, 0) is 25.0 Å². The molecule has 104 valence electrons. The van der Waals surface area contributed by atoms with Crippen LogP contribution in [0.3, 0.4) is 0 Å². The molecule has 4 nitrogen and oxygen atoms in total. The van der Waals surface area contributed by atoms with E-state index in [9.17, 15) is 9.90 Å². The molecule has 0 atom stereocenters. The van der Waals surface area contributed by atoms with Gasteiger partial charge in [0.2, 0.25) is 0 Å². The monoisotopic (exact) mass is 328 g/mol. The molecule has 0 spiro atoms. The van der Waals surface area contributed by atoms with Crippen LogP contribution in [0.15, 0.2) is 16.6 Å². The molecule has 0 amide bonds. The van der Waals surface area contributed by atoms with E-state index in [1.807, 2.05) is 6.07 Å². The summed E-state index contributed by atoms with van der Waals surface area (Å²) in [6.07, 6.45) is 3.09. The summed E-state index contributed by atoms with van der Waals surface area (Å²) in [6, 6.07) is 3.59. The average Bonchev–Trinajstić information content (AvgIpc) is 2.88. The van der Waals surface area contributed by atoms with Crippen molar-refractivity contribution in [2.45, 2.75) is 31.1 Å². The van der Waals surface area contributed by atoms with Gasteiger partial charge in [0.15, 0.2) is 11.5 Å². The highest BCUT2D eigenvalue weighted by atomic mass is 79.9. The van der Waals surface area contributed by atoms with Crippen LogP contribution in [0, 0.1) is 0 Å². The summed E-state index contributed by atoms with van der Waals surface area (Å²) >= 11 is 3.47. The van der Waals surface area contributed by atoms with Crippen molar-refractivity contribution in [2.24, 2.45) is 0 Å². The molecule has 0 radical (unpaired) electrons. The molecule has 0 aromatic heterocycles. The Kier molecular flexibility index (Phi) is 4.04. The maximum Gasteiger partial charge on any atom is 0.314 e. The minimum atomic E-state index is -0.876. The first-order valence-electron chi connectivity index (χ1n) is 6.21. The van der Waals surface area contributed by atoms with Crippen LogP contribution >= 0.6 is 15.9 Å². The summed E-state index contributed by atoms with van der Waals surface area (Å²) in [5.74, 6) is 0.284. The lowest BCUT2D eigenvalue weighted by molar-refractivity contribution is -0.143. The standard InChI is InChI=1S/C14H17BrO4/c1-18-10-6-5-9(15)11(12(10)19-2)14(13(16)17)7-3-4-8-14/h5-6H,3-4,7-8H2,1-2H3,(H,16,17). The third-order valence-corrected chi connectivity index (χ3v) is 4.50. The van der Waals surface area contributed by atoms with E-state index < -0.39 is 11.4 Å². The molecule has 1 aromatic rings. The van der Waals surface area contributed by atoms with Gasteiger partial charge in [-0.15, -0.1) is 0 Å². The van der Waals surface area contributed by atoms with E-state index in [0.717, 1.165) is 17.3 Å². The van der Waals surface area contributed by atoms with Gasteiger partial charge in [-0.2, -0.15) is 0 Å². The Morgan fingerprint density at radius 1 is 1.26 bits per heavy atom. The van der Waals surface area contributed by atoms with Crippen LogP contribution in [0.1, 0.15) is 31.2 Å². The highest BCUT2D eigenvalue weighted by Gasteiger charge is 2.46. The first-order chi connectivity index (χ1) is 9.06. The van der Waals surface area contributed by atoms with E-state index in [1.54, 1.807) is 13.2 Å². The molecule has 1 N–H and O–H groups in total. The molecule has 0 bridgehead atoms. The van der Waals surface area contributed by atoms with Crippen LogP contribution in [0.4, 0.5) is 0 Å². The summed E-state index contributed by atoms with van der Waals surface area (Å²) in [4.78, 5) is 11.8. The van der Waals surface area contributed by atoms with Gasteiger partial charge in [-0.25, -0.2) is 0 Å². The molecule has 2 rings (SSSR count). The summed E-state index contributed by atoms with van der Waals surface area (Å²) in [6.45, 7) is 0. The van der Waals surface area contributed by atoms with Crippen molar-refractivity contribution in [1.29, 1.82) is 0 Å². The second kappa shape index (κ2) is 5.41. The largest absolute Gasteiger partial charge is 0.493 e. The van der Waals surface area contributed by atoms with Gasteiger partial charge in [0.05, 0.1) is 19.6 Å². The number of carboxylic acid groups (broad SMARTS) is 1. The molecule has 1 aliphatic rings. The van der Waals surface area contributed by atoms with Crippen molar-refractivity contribution < 1.29 is 19.4 Å². The van der Waals surface area contributed by atoms with Gasteiger partial charge in [-0.3, -0.25) is 4.79 Å². The minimum absolute atomic E-state index is 0.515. The van der Waals surface area contributed by atoms with Gasteiger partial charge < -0.3 is 14.6 Å². The number of methoxy groups -OCH3 is 2. The summed E-state index contributed by atoms with van der Waals surface area (Å²) in [5.41, 5.74) is -0.182. The lowest BCUT2D eigenvalue weighted by Gasteiger charge is -2.28. The molecule has 1 saturated carbocycles. The maximum atomic E-state index is 11.8. The zero-order valence-corrected chi connectivity index (χ0v) is 12.6. The Balaban J connectivity index is 2.69. The second-order valence-corrected chi connectivity index (χ2v) is 5.61. The van der Waals surface area contributed by atoms with E-state index in [1.165, 1.54) is 7.11 Å². The van der Waals surface area contributed by atoms with Crippen molar-refractivity contribution >= 4 is 21.9 Å². The minimum Gasteiger partial charge on any atom is -0.493 e. The van der Waals surface area contributed by atoms with Gasteiger partial charge in [-0.1, -0.05) is 28.8 Å². The van der Waals surface area contributed by atoms with E-state index in [-0.39, 0.29) is 0 Å². The zero-order chi connectivity index (χ0) is 14.0. The molecule has 19 heavy (non-hydrogen) atoms. The molecule has 0 heterocycles. The maximum absolute atomic E-state index is 11.8. The number of ether oxygens (including phenoxy) is 2. The number of carbonyl (C=O) groups is 1. The predicted molar refractivity (Wildman–Crippen MR) is 75.0 cm³/mol. The topological polar surface area (TPSA) is 55.8 Å². The quantitative estimate of drug-likeness (QED) is 0.920. The molecule has 0 aliphatic heterocycles. The molecular weight excluding hydrogens is 312 g/mol. The fourth-order valence-corrected chi connectivity index (χ4v) is 3.59. The molecule has 5 heteroatoms. The van der Waals surface area contributed by atoms with E-state index in [0.29, 0.717) is 29.9 Å². The SMILES string of the molecule is COc1ccc(Br)c(C2(C(=O)O)CCCC2)c1OC. The smallest absolute Gasteiger partial charge is 0.314 e. The van der Waals surface area contributed by atoms with Gasteiger partial charge in [0, 0.05) is 10.0 Å². The third kappa shape index (κ3) is 2.20. The molecule has 1 aliphatic carbocycles. The molecule has 0 unspecified atom stereocenters. The van der Waals surface area contributed by atoms with Crippen molar-refractivity contribution in [1.82, 2.24) is 0 Å². The number of hydrogen-bond acceptors (Lipinski definition) is 3. The Hall–Kier alpha value is -1.23. The Bertz CT molecular complexity index is 492. The van der Waals surface area contributed by atoms with Crippen molar-refractivity contribution in [3.05, 3.63) is 22.2 Å². The second-order valence-electron chi connectivity index (χ2n) is 4.75. The van der Waals surface area contributed by atoms with E-state index >= 15 is 0 Å². The van der Waals surface area contributed by atoms with Gasteiger partial charge in [0.25, 0.3) is 0 Å². The molecule has 0 saturated heterocycles. The summed E-state index contributed by atoms with van der Waals surface area (Å²) < 4.78 is 11.5. The van der Waals surface area contributed by atoms with Gasteiger partial charge >= 0.3 is 5.97 Å². The molecule has 1 aromatic carbocycles. The van der Waals surface area contributed by atoms with E-state index in [2.05, 4.69) is 15.9 Å². The van der Waals surface area contributed by atoms with Gasteiger partial charge in [0.1, 0.15) is 0 Å². The van der Waals surface area contributed by atoms with Crippen LogP contribution in [-0.2, 0) is 10.2 Å². The van der Waals surface area contributed by atoms with Crippen molar-refractivity contribution in [3.63, 3.8) is 0 Å². The highest BCUT2D eigenvalue weighted by Crippen LogP contribution is 2.50. The lowest BCUT2D eigenvalue weighted by Crippen LogP contribution is -2.33. The van der Waals surface area contributed by atoms with Crippen molar-refractivity contribution in [3.8, 4) is 11.5 Å². The fourth-order valence-electron chi connectivity index (χ4n) is 2.90. The fraction of sp³-hybridized carbons (Fsp3) is 0.500. The van der Waals surface area contributed by atoms with Crippen molar-refractivity contribution in [2.75, 3.05) is 14.2 Å². The molecular formula is C14H17BrO4. The number of aliphatic carboxylic acids is 1. The Morgan fingerprint density at radius 2 is 1.89 bits per heavy atom. The highest BCUT2D eigenvalue weighted by molar-refractivity contribution is 9.10. The van der Waals surface area contributed by atoms with E-state index in [4.69, 9.17) is 9.47 Å². The number of benzene rings is 1. The third-order valence-electron chi connectivity index (χ3n) is 3.84. The van der Waals surface area contributed by atoms with Crippen LogP contribution < -0.4 is 9.47 Å². The zero-order valence-electron chi connectivity index (χ0n) is 11.0. The van der Waals surface area contributed by atoms with Crippen LogP contribution in [0.5, 0.6) is 11.5 Å². The predicted octanol–water partition coefficient (Wildman–Crippen LogP) is 3.36. The summed E-state index contributed by atoms with van der Waals surface area (Å²) in [5, 5.41) is 9.71. The summed E-state index contributed by atoms with van der Waals surface area (Å²) in [7, 11) is 3.09. The van der Waals surface area contributed by atoms with Crippen LogP contribution in [0.25, 0.3) is 0 Å². The molecule has 1 fully saturated rings. The number of halogens is 1. The van der Waals surface area contributed by atoms with Crippen LogP contribution in [-0.4, -0.2) is 25.3 Å². The Labute approximate surface area is 120 Å². The number of hydrogen-bond donors (Lipinski definition) is 1. The number of rotatable bonds is 4. The Morgan fingerprint density at radius 3 is 2.37 bits per heavy atom.